The van der Waals surface area contributed by atoms with E-state index in [0.29, 0.717) is 0 Å². The average Bonchev–Trinajstić information content (AvgIpc) is 2.86. The fourth-order valence-corrected chi connectivity index (χ4v) is 2.44. The Morgan fingerprint density at radius 3 is 1.60 bits per heavy atom. The third-order valence-electron chi connectivity index (χ3n) is 5.60. The lowest BCUT2D eigenvalue weighted by Gasteiger charge is -2.30. The highest BCUT2D eigenvalue weighted by Gasteiger charge is 2.33. The highest BCUT2D eigenvalue weighted by Crippen LogP contribution is 2.40. The van der Waals surface area contributed by atoms with Crippen LogP contribution >= 0.6 is 0 Å². The Morgan fingerprint density at radius 2 is 1.20 bits per heavy atom. The van der Waals surface area contributed by atoms with Crippen molar-refractivity contribution in [2.75, 3.05) is 0 Å². The van der Waals surface area contributed by atoms with E-state index in [2.05, 4.69) is 73.4 Å². The Bertz CT molecular complexity index is 413. The second kappa shape index (κ2) is 5.58. The van der Waals surface area contributed by atoms with Gasteiger partial charge < -0.3 is 4.98 Å². The summed E-state index contributed by atoms with van der Waals surface area (Å²) in [5, 5.41) is 0. The van der Waals surface area contributed by atoms with Crippen molar-refractivity contribution in [3.8, 4) is 0 Å². The summed E-state index contributed by atoms with van der Waals surface area (Å²) in [5.41, 5.74) is 5.03. The van der Waals surface area contributed by atoms with Gasteiger partial charge in [-0.25, -0.2) is 0 Å². The normalized spacial score (nSPS) is 13.8. The van der Waals surface area contributed by atoms with Crippen LogP contribution in [0.2, 0.25) is 0 Å². The molecule has 0 radical (unpaired) electrons. The largest absolute Gasteiger partial charge is 0.361 e. The summed E-state index contributed by atoms with van der Waals surface area (Å²) in [6.45, 7) is 21.0. The number of hydrogen-bond donors (Lipinski definition) is 1. The first-order valence-corrected chi connectivity index (χ1v) is 8.26. The van der Waals surface area contributed by atoms with Gasteiger partial charge in [-0.05, 0) is 36.3 Å². The summed E-state index contributed by atoms with van der Waals surface area (Å²) < 4.78 is 0. The van der Waals surface area contributed by atoms with Gasteiger partial charge in [0.2, 0.25) is 0 Å². The van der Waals surface area contributed by atoms with E-state index in [0.717, 1.165) is 12.8 Å². The Labute approximate surface area is 126 Å². The van der Waals surface area contributed by atoms with E-state index in [4.69, 9.17) is 0 Å². The van der Waals surface area contributed by atoms with Crippen LogP contribution in [-0.2, 0) is 16.2 Å². The molecule has 0 saturated carbocycles. The van der Waals surface area contributed by atoms with Gasteiger partial charge in [0.25, 0.3) is 0 Å². The molecule has 1 N–H and O–H groups in total. The molecular weight excluding hydrogens is 242 g/mol. The number of aromatic nitrogens is 1. The number of H-pyrrole nitrogens is 1. The van der Waals surface area contributed by atoms with Crippen molar-refractivity contribution in [3.05, 3.63) is 23.0 Å². The van der Waals surface area contributed by atoms with Gasteiger partial charge in [0.15, 0.2) is 0 Å². The first kappa shape index (κ1) is 17.3. The molecule has 1 heteroatoms. The van der Waals surface area contributed by atoms with Crippen molar-refractivity contribution in [2.24, 2.45) is 0 Å². The van der Waals surface area contributed by atoms with Crippen LogP contribution in [0.4, 0.5) is 0 Å². The van der Waals surface area contributed by atoms with Crippen LogP contribution in [0.3, 0.4) is 0 Å². The Kier molecular flexibility index (Phi) is 4.83. The van der Waals surface area contributed by atoms with E-state index in [-0.39, 0.29) is 16.2 Å². The molecule has 1 nitrogen and oxygen atoms in total. The molecular formula is C19H35N. The summed E-state index contributed by atoms with van der Waals surface area (Å²) >= 11 is 0. The number of hydrogen-bond acceptors (Lipinski definition) is 0. The van der Waals surface area contributed by atoms with Crippen LogP contribution in [0.1, 0.15) is 98.5 Å². The van der Waals surface area contributed by atoms with Gasteiger partial charge in [0, 0.05) is 22.2 Å². The first-order valence-electron chi connectivity index (χ1n) is 8.26. The minimum Gasteiger partial charge on any atom is -0.361 e. The number of rotatable bonds is 6. The van der Waals surface area contributed by atoms with Crippen LogP contribution in [0.5, 0.6) is 0 Å². The van der Waals surface area contributed by atoms with Gasteiger partial charge in [-0.3, -0.25) is 0 Å². The Balaban J connectivity index is 3.49. The summed E-state index contributed by atoms with van der Waals surface area (Å²) in [5.74, 6) is 0. The van der Waals surface area contributed by atoms with Gasteiger partial charge in [-0.1, -0.05) is 62.3 Å². The SMILES string of the molecule is CCC(C)(C)c1cc(C(C)(C)CC)c(C(C)(C)CC)[nH]1. The molecule has 1 aromatic rings. The monoisotopic (exact) mass is 277 g/mol. The Hall–Kier alpha value is -0.720. The molecule has 0 aromatic carbocycles. The van der Waals surface area contributed by atoms with Crippen LogP contribution in [0.15, 0.2) is 6.07 Å². The van der Waals surface area contributed by atoms with E-state index in [9.17, 15) is 0 Å². The third-order valence-corrected chi connectivity index (χ3v) is 5.60. The number of nitrogens with one attached hydrogen (secondary N) is 1. The van der Waals surface area contributed by atoms with Gasteiger partial charge in [-0.2, -0.15) is 0 Å². The molecule has 0 saturated heterocycles. The molecule has 0 aliphatic heterocycles. The summed E-state index contributed by atoms with van der Waals surface area (Å²) in [6, 6.07) is 2.44. The molecule has 0 amide bonds. The minimum absolute atomic E-state index is 0.212. The zero-order valence-corrected chi connectivity index (χ0v) is 15.2. The molecule has 1 aromatic heterocycles. The maximum atomic E-state index is 3.80. The molecule has 1 rings (SSSR count). The molecule has 0 spiro atoms. The van der Waals surface area contributed by atoms with Crippen LogP contribution < -0.4 is 0 Å². The minimum atomic E-state index is 0.212. The van der Waals surface area contributed by atoms with E-state index >= 15 is 0 Å². The van der Waals surface area contributed by atoms with Gasteiger partial charge >= 0.3 is 0 Å². The number of aromatic amines is 1. The predicted octanol–water partition coefficient (Wildman–Crippen LogP) is 6.08. The molecule has 1 heterocycles. The highest BCUT2D eigenvalue weighted by atomic mass is 14.8. The van der Waals surface area contributed by atoms with Gasteiger partial charge in [-0.15, -0.1) is 0 Å². The van der Waals surface area contributed by atoms with Crippen LogP contribution in [0, 0.1) is 0 Å². The highest BCUT2D eigenvalue weighted by molar-refractivity contribution is 5.39. The van der Waals surface area contributed by atoms with E-state index in [1.54, 1.807) is 0 Å². The molecule has 0 bridgehead atoms. The maximum absolute atomic E-state index is 3.80. The zero-order chi connectivity index (χ0) is 15.8. The molecule has 116 valence electrons. The summed E-state index contributed by atoms with van der Waals surface area (Å²) in [4.78, 5) is 3.80. The van der Waals surface area contributed by atoms with Crippen LogP contribution in [0.25, 0.3) is 0 Å². The van der Waals surface area contributed by atoms with E-state index in [1.807, 2.05) is 0 Å². The van der Waals surface area contributed by atoms with Crippen molar-refractivity contribution < 1.29 is 0 Å². The smallest absolute Gasteiger partial charge is 0.0244 e. The first-order chi connectivity index (χ1) is 9.01. The fraction of sp³-hybridized carbons (Fsp3) is 0.789. The van der Waals surface area contributed by atoms with Crippen molar-refractivity contribution in [1.82, 2.24) is 4.98 Å². The van der Waals surface area contributed by atoms with Crippen molar-refractivity contribution in [2.45, 2.75) is 97.8 Å². The third kappa shape index (κ3) is 3.13. The van der Waals surface area contributed by atoms with Crippen LogP contribution in [-0.4, -0.2) is 4.98 Å². The topological polar surface area (TPSA) is 15.8 Å². The van der Waals surface area contributed by atoms with Crippen molar-refractivity contribution in [1.29, 1.82) is 0 Å². The average molecular weight is 277 g/mol. The zero-order valence-electron chi connectivity index (χ0n) is 15.2. The molecule has 0 atom stereocenters. The second-order valence-electron chi connectivity index (χ2n) is 8.18. The van der Waals surface area contributed by atoms with Gasteiger partial charge in [0.1, 0.15) is 0 Å². The molecule has 0 unspecified atom stereocenters. The maximum Gasteiger partial charge on any atom is 0.0244 e. The molecule has 0 aliphatic carbocycles. The van der Waals surface area contributed by atoms with Gasteiger partial charge in [0.05, 0.1) is 0 Å². The van der Waals surface area contributed by atoms with E-state index in [1.165, 1.54) is 23.4 Å². The molecule has 20 heavy (non-hydrogen) atoms. The Morgan fingerprint density at radius 1 is 0.750 bits per heavy atom. The molecule has 0 fully saturated rings. The second-order valence-corrected chi connectivity index (χ2v) is 8.18. The predicted molar refractivity (Wildman–Crippen MR) is 90.7 cm³/mol. The quantitative estimate of drug-likeness (QED) is 0.648. The van der Waals surface area contributed by atoms with E-state index < -0.39 is 0 Å². The van der Waals surface area contributed by atoms with Crippen molar-refractivity contribution >= 4 is 0 Å². The lowest BCUT2D eigenvalue weighted by Crippen LogP contribution is -2.24. The fourth-order valence-electron chi connectivity index (χ4n) is 2.44. The summed E-state index contributed by atoms with van der Waals surface area (Å²) in [7, 11) is 0. The lowest BCUT2D eigenvalue weighted by atomic mass is 9.75. The molecule has 0 aliphatic rings. The summed E-state index contributed by atoms with van der Waals surface area (Å²) in [6.07, 6.45) is 3.49. The standard InChI is InChI=1S/C19H35N/c1-10-17(4,5)14-13-15(18(6,7)11-2)20-16(14)19(8,9)12-3/h13,20H,10-12H2,1-9H3. The lowest BCUT2D eigenvalue weighted by molar-refractivity contribution is 0.445. The van der Waals surface area contributed by atoms with Crippen molar-refractivity contribution in [3.63, 3.8) is 0 Å².